The van der Waals surface area contributed by atoms with Crippen molar-refractivity contribution in [2.45, 2.75) is 40.2 Å². The van der Waals surface area contributed by atoms with Crippen LogP contribution in [0.3, 0.4) is 0 Å². The molecule has 0 bridgehead atoms. The van der Waals surface area contributed by atoms with Gasteiger partial charge in [-0.2, -0.15) is 0 Å². The summed E-state index contributed by atoms with van der Waals surface area (Å²) in [4.78, 5) is 30.8. The first-order valence-electron chi connectivity index (χ1n) is 14.4. The van der Waals surface area contributed by atoms with E-state index in [1.807, 2.05) is 19.9 Å². The second-order valence-electron chi connectivity index (χ2n) is 10.8. The average Bonchev–Trinajstić information content (AvgIpc) is 3.22. The Labute approximate surface area is 242 Å². The van der Waals surface area contributed by atoms with Gasteiger partial charge in [-0.3, -0.25) is 14.5 Å². The summed E-state index contributed by atoms with van der Waals surface area (Å²) in [6.07, 6.45) is 0.679. The predicted molar refractivity (Wildman–Crippen MR) is 157 cm³/mol. The number of carbonyl (C=O) groups is 2. The smallest absolute Gasteiger partial charge is 0.295 e. The molecule has 2 saturated heterocycles. The number of hydrogen-bond acceptors (Lipinski definition) is 8. The number of ketones is 1. The van der Waals surface area contributed by atoms with Crippen LogP contribution in [0.15, 0.2) is 42.0 Å². The predicted octanol–water partition coefficient (Wildman–Crippen LogP) is 4.58. The van der Waals surface area contributed by atoms with Crippen molar-refractivity contribution in [3.63, 3.8) is 0 Å². The molecule has 2 heterocycles. The number of benzene rings is 2. The third-order valence-electron chi connectivity index (χ3n) is 7.34. The summed E-state index contributed by atoms with van der Waals surface area (Å²) in [5.41, 5.74) is 2.00. The first kappa shape index (κ1) is 30.4. The minimum atomic E-state index is -0.776. The van der Waals surface area contributed by atoms with Crippen LogP contribution >= 0.6 is 0 Å². The van der Waals surface area contributed by atoms with E-state index >= 15 is 0 Å². The number of rotatable bonds is 12. The van der Waals surface area contributed by atoms with E-state index in [0.29, 0.717) is 73.7 Å². The molecule has 2 aliphatic rings. The Hall–Kier alpha value is -3.56. The highest BCUT2D eigenvalue weighted by Crippen LogP contribution is 2.42. The van der Waals surface area contributed by atoms with E-state index < -0.39 is 17.7 Å². The maximum Gasteiger partial charge on any atom is 0.295 e. The highest BCUT2D eigenvalue weighted by atomic mass is 16.5. The van der Waals surface area contributed by atoms with Crippen molar-refractivity contribution in [1.82, 2.24) is 9.80 Å². The maximum atomic E-state index is 13.5. The van der Waals surface area contributed by atoms with Crippen LogP contribution in [0.1, 0.15) is 49.9 Å². The van der Waals surface area contributed by atoms with Crippen LogP contribution in [0, 0.1) is 12.8 Å². The lowest BCUT2D eigenvalue weighted by Gasteiger charge is -2.29. The molecule has 0 spiro atoms. The molecule has 2 aromatic rings. The monoisotopic (exact) mass is 566 g/mol. The number of aliphatic hydroxyl groups is 1. The minimum absolute atomic E-state index is 0.0582. The third kappa shape index (κ3) is 7.02. The van der Waals surface area contributed by atoms with E-state index in [1.165, 1.54) is 0 Å². The Balaban J connectivity index is 1.71. The molecule has 41 heavy (non-hydrogen) atoms. The van der Waals surface area contributed by atoms with Crippen LogP contribution in [0.5, 0.6) is 17.2 Å². The normalized spacial score (nSPS) is 19.2. The topological polar surface area (TPSA) is 97.8 Å². The first-order chi connectivity index (χ1) is 19.7. The lowest BCUT2D eigenvalue weighted by Crippen LogP contribution is -2.39. The van der Waals surface area contributed by atoms with Crippen molar-refractivity contribution in [1.29, 1.82) is 0 Å². The summed E-state index contributed by atoms with van der Waals surface area (Å²) in [6.45, 7) is 13.2. The lowest BCUT2D eigenvalue weighted by molar-refractivity contribution is -0.140. The molecule has 2 aromatic carbocycles. The molecule has 9 nitrogen and oxygen atoms in total. The van der Waals surface area contributed by atoms with Gasteiger partial charge in [0.25, 0.3) is 11.7 Å². The molecule has 222 valence electrons. The summed E-state index contributed by atoms with van der Waals surface area (Å²) in [6, 6.07) is 9.89. The summed E-state index contributed by atoms with van der Waals surface area (Å²) in [5.74, 6) is 0.598. The molecular weight excluding hydrogens is 524 g/mol. The van der Waals surface area contributed by atoms with E-state index in [2.05, 4.69) is 18.7 Å². The number of carbonyl (C=O) groups excluding carboxylic acids is 2. The van der Waals surface area contributed by atoms with Gasteiger partial charge in [-0.05, 0) is 67.6 Å². The fourth-order valence-corrected chi connectivity index (χ4v) is 5.25. The third-order valence-corrected chi connectivity index (χ3v) is 7.34. The van der Waals surface area contributed by atoms with Gasteiger partial charge in [0.1, 0.15) is 11.5 Å². The quantitative estimate of drug-likeness (QED) is 0.227. The van der Waals surface area contributed by atoms with Gasteiger partial charge in [-0.1, -0.05) is 19.9 Å². The van der Waals surface area contributed by atoms with Crippen LogP contribution in [0.2, 0.25) is 0 Å². The second-order valence-corrected chi connectivity index (χ2v) is 10.8. The highest BCUT2D eigenvalue weighted by Gasteiger charge is 2.46. The van der Waals surface area contributed by atoms with Crippen molar-refractivity contribution in [2.75, 3.05) is 59.7 Å². The lowest BCUT2D eigenvalue weighted by atomic mass is 9.94. The first-order valence-corrected chi connectivity index (χ1v) is 14.4. The van der Waals surface area contributed by atoms with E-state index in [9.17, 15) is 14.7 Å². The van der Waals surface area contributed by atoms with E-state index in [4.69, 9.17) is 18.9 Å². The van der Waals surface area contributed by atoms with Gasteiger partial charge in [0.05, 0.1) is 45.2 Å². The van der Waals surface area contributed by atoms with Gasteiger partial charge in [0, 0.05) is 31.7 Å². The van der Waals surface area contributed by atoms with Gasteiger partial charge < -0.3 is 29.0 Å². The van der Waals surface area contributed by atoms with Crippen LogP contribution in [-0.2, 0) is 14.3 Å². The van der Waals surface area contributed by atoms with Crippen molar-refractivity contribution >= 4 is 17.4 Å². The van der Waals surface area contributed by atoms with Crippen LogP contribution in [0.25, 0.3) is 5.76 Å². The number of morpholine rings is 1. The molecule has 1 N–H and O–H groups in total. The summed E-state index contributed by atoms with van der Waals surface area (Å²) < 4.78 is 22.6. The van der Waals surface area contributed by atoms with Crippen LogP contribution in [-0.4, -0.2) is 86.3 Å². The van der Waals surface area contributed by atoms with Gasteiger partial charge in [0.2, 0.25) is 0 Å². The Morgan fingerprint density at radius 3 is 2.41 bits per heavy atom. The molecule has 1 atom stereocenters. The zero-order valence-corrected chi connectivity index (χ0v) is 24.8. The number of likely N-dealkylation sites (tertiary alicyclic amines) is 1. The summed E-state index contributed by atoms with van der Waals surface area (Å²) in [5, 5.41) is 11.5. The zero-order chi connectivity index (χ0) is 29.5. The van der Waals surface area contributed by atoms with Gasteiger partial charge in [-0.15, -0.1) is 0 Å². The number of hydrogen-bond donors (Lipinski definition) is 1. The van der Waals surface area contributed by atoms with Gasteiger partial charge in [-0.25, -0.2) is 0 Å². The van der Waals surface area contributed by atoms with Crippen molar-refractivity contribution in [3.05, 3.63) is 58.7 Å². The number of nitrogens with zero attached hydrogens (tertiary/aromatic N) is 2. The molecule has 0 radical (unpaired) electrons. The number of ether oxygens (including phenoxy) is 4. The van der Waals surface area contributed by atoms with E-state index in [1.54, 1.807) is 42.3 Å². The van der Waals surface area contributed by atoms with Crippen molar-refractivity contribution in [3.8, 4) is 17.2 Å². The van der Waals surface area contributed by atoms with Crippen LogP contribution in [0.4, 0.5) is 0 Å². The standard InChI is InChI=1S/C32H42N2O7/c1-6-40-26-11-8-23(19-27(26)38-5)29-28(30(35)24-9-10-25(22(4)18-24)41-20-21(2)3)31(36)32(37)34(29)13-7-12-33-14-16-39-17-15-33/h8-11,18-19,21,29,35H,6-7,12-17,20H2,1-5H3/t29-/m1/s1. The summed E-state index contributed by atoms with van der Waals surface area (Å²) in [7, 11) is 1.55. The SMILES string of the molecule is CCOc1ccc([C@@H]2C(=C(O)c3ccc(OCC(C)C)c(C)c3)C(=O)C(=O)N2CCCN2CCOCC2)cc1OC. The Kier molecular flexibility index (Phi) is 10.3. The number of aryl methyl sites for hydroxylation is 1. The molecule has 0 aromatic heterocycles. The summed E-state index contributed by atoms with van der Waals surface area (Å²) >= 11 is 0. The van der Waals surface area contributed by atoms with E-state index in [0.717, 1.165) is 25.2 Å². The van der Waals surface area contributed by atoms with Gasteiger partial charge in [0.15, 0.2) is 11.5 Å². The van der Waals surface area contributed by atoms with Gasteiger partial charge >= 0.3 is 0 Å². The maximum absolute atomic E-state index is 13.5. The fraction of sp³-hybridized carbons (Fsp3) is 0.500. The van der Waals surface area contributed by atoms with Crippen molar-refractivity contribution < 1.29 is 33.6 Å². The Morgan fingerprint density at radius 1 is 1.02 bits per heavy atom. The highest BCUT2D eigenvalue weighted by molar-refractivity contribution is 6.46. The van der Waals surface area contributed by atoms with Crippen LogP contribution < -0.4 is 14.2 Å². The fourth-order valence-electron chi connectivity index (χ4n) is 5.25. The second kappa shape index (κ2) is 13.9. The number of aliphatic hydroxyl groups excluding tert-OH is 1. The molecule has 0 saturated carbocycles. The average molecular weight is 567 g/mol. The molecule has 1 amide bonds. The number of methoxy groups -OCH3 is 1. The van der Waals surface area contributed by atoms with Crippen molar-refractivity contribution in [2.24, 2.45) is 5.92 Å². The molecule has 0 unspecified atom stereocenters. The Morgan fingerprint density at radius 2 is 1.76 bits per heavy atom. The number of Topliss-reactive ketones (excluding diaryl/α,β-unsaturated/α-hetero) is 1. The Bertz CT molecular complexity index is 1270. The molecule has 2 fully saturated rings. The molecule has 2 aliphatic heterocycles. The zero-order valence-electron chi connectivity index (χ0n) is 24.8. The minimum Gasteiger partial charge on any atom is -0.507 e. The molecule has 4 rings (SSSR count). The molecule has 0 aliphatic carbocycles. The largest absolute Gasteiger partial charge is 0.507 e. The molecule has 9 heteroatoms. The molecular formula is C32H42N2O7. The number of amides is 1. The van der Waals surface area contributed by atoms with E-state index in [-0.39, 0.29) is 11.3 Å².